The van der Waals surface area contributed by atoms with Crippen LogP contribution in [0.4, 0.5) is 8.78 Å². The molecule has 2 aromatic rings. The molecule has 1 aromatic carbocycles. The molecule has 0 N–H and O–H groups in total. The first-order valence-corrected chi connectivity index (χ1v) is 10.5. The maximum absolute atomic E-state index is 13.4. The van der Waals surface area contributed by atoms with Gasteiger partial charge in [0.05, 0.1) is 11.1 Å². The van der Waals surface area contributed by atoms with Gasteiger partial charge in [0.2, 0.25) is 10.0 Å². The summed E-state index contributed by atoms with van der Waals surface area (Å²) in [4.78, 5) is 1.84. The molecule has 1 saturated heterocycles. The molecule has 0 amide bonds. The average Bonchev–Trinajstić information content (AvgIpc) is 2.89. The van der Waals surface area contributed by atoms with Gasteiger partial charge in [0.15, 0.2) is 0 Å². The van der Waals surface area contributed by atoms with Gasteiger partial charge in [0, 0.05) is 50.6 Å². The molecule has 1 fully saturated rings. The summed E-state index contributed by atoms with van der Waals surface area (Å²) >= 11 is 0. The second-order valence-corrected chi connectivity index (χ2v) is 8.69. The Morgan fingerprint density at radius 1 is 1.07 bits per heavy atom. The minimum atomic E-state index is -3.92. The lowest BCUT2D eigenvalue weighted by Crippen LogP contribution is -2.35. The Kier molecular flexibility index (Phi) is 6.23. The van der Waals surface area contributed by atoms with E-state index >= 15 is 0 Å². The number of hydrogen-bond acceptors (Lipinski definition) is 4. The Hall–Kier alpha value is -1.84. The quantitative estimate of drug-likeness (QED) is 0.750. The fourth-order valence-corrected chi connectivity index (χ4v) is 4.78. The molecule has 0 atom stereocenters. The summed E-state index contributed by atoms with van der Waals surface area (Å²) in [5, 5.41) is 4.32. The van der Waals surface area contributed by atoms with Crippen LogP contribution < -0.4 is 0 Å². The molecule has 9 heteroatoms. The smallest absolute Gasteiger partial charge is 0.243 e. The molecule has 3 rings (SSSR count). The predicted molar refractivity (Wildman–Crippen MR) is 97.5 cm³/mol. The number of aromatic nitrogens is 2. The third-order valence-corrected chi connectivity index (χ3v) is 6.44. The highest BCUT2D eigenvalue weighted by Gasteiger charge is 2.28. The van der Waals surface area contributed by atoms with Crippen LogP contribution in [-0.2, 0) is 23.1 Å². The van der Waals surface area contributed by atoms with E-state index < -0.39 is 21.7 Å². The van der Waals surface area contributed by atoms with Crippen molar-refractivity contribution in [2.45, 2.75) is 37.8 Å². The minimum Gasteiger partial charge on any atom is -0.298 e. The summed E-state index contributed by atoms with van der Waals surface area (Å²) in [5.74, 6) is -1.79. The third kappa shape index (κ3) is 4.91. The molecule has 0 aliphatic carbocycles. The van der Waals surface area contributed by atoms with Gasteiger partial charge >= 0.3 is 0 Å². The van der Waals surface area contributed by atoms with E-state index in [2.05, 4.69) is 16.9 Å². The first-order chi connectivity index (χ1) is 12.9. The molecule has 0 spiro atoms. The van der Waals surface area contributed by atoms with Crippen molar-refractivity contribution in [3.63, 3.8) is 0 Å². The van der Waals surface area contributed by atoms with Crippen LogP contribution in [0.3, 0.4) is 0 Å². The van der Waals surface area contributed by atoms with E-state index in [9.17, 15) is 17.2 Å². The zero-order valence-corrected chi connectivity index (χ0v) is 16.1. The van der Waals surface area contributed by atoms with Gasteiger partial charge in [-0.2, -0.15) is 9.40 Å². The highest BCUT2D eigenvalue weighted by molar-refractivity contribution is 7.89. The van der Waals surface area contributed by atoms with Crippen LogP contribution in [0.1, 0.15) is 25.3 Å². The van der Waals surface area contributed by atoms with Gasteiger partial charge in [0.1, 0.15) is 11.6 Å². The molecule has 148 valence electrons. The summed E-state index contributed by atoms with van der Waals surface area (Å²) in [6.45, 7) is 5.58. The molecular formula is C18H24F2N4O2S. The zero-order valence-electron chi connectivity index (χ0n) is 15.3. The Morgan fingerprint density at radius 2 is 1.81 bits per heavy atom. The molecule has 27 heavy (non-hydrogen) atoms. The van der Waals surface area contributed by atoms with Crippen molar-refractivity contribution in [2.24, 2.45) is 0 Å². The summed E-state index contributed by atoms with van der Waals surface area (Å²) in [5.41, 5.74) is 1.09. The van der Waals surface area contributed by atoms with E-state index in [1.807, 2.05) is 17.1 Å². The van der Waals surface area contributed by atoms with E-state index in [0.717, 1.165) is 37.2 Å². The van der Waals surface area contributed by atoms with Crippen molar-refractivity contribution < 1.29 is 17.2 Å². The van der Waals surface area contributed by atoms with Crippen molar-refractivity contribution in [3.05, 3.63) is 47.8 Å². The largest absolute Gasteiger partial charge is 0.298 e. The maximum atomic E-state index is 13.4. The van der Waals surface area contributed by atoms with Crippen LogP contribution in [0.5, 0.6) is 0 Å². The van der Waals surface area contributed by atoms with Crippen LogP contribution in [0.2, 0.25) is 0 Å². The van der Waals surface area contributed by atoms with Crippen LogP contribution in [0.25, 0.3) is 0 Å². The summed E-state index contributed by atoms with van der Waals surface area (Å²) < 4.78 is 55.6. The first kappa shape index (κ1) is 19.9. The molecular weight excluding hydrogens is 374 g/mol. The Labute approximate surface area is 158 Å². The lowest BCUT2D eigenvalue weighted by Gasteiger charge is -2.21. The minimum absolute atomic E-state index is 0.281. The monoisotopic (exact) mass is 398 g/mol. The Balaban J connectivity index is 1.66. The number of sulfonamides is 1. The highest BCUT2D eigenvalue weighted by Crippen LogP contribution is 2.20. The first-order valence-electron chi connectivity index (χ1n) is 9.08. The number of rotatable bonds is 6. The SMILES string of the molecule is CCCn1cc(CN2CCCN(S(=O)(=O)c3cc(F)cc(F)c3)CC2)cn1. The lowest BCUT2D eigenvalue weighted by atomic mass is 10.3. The second-order valence-electron chi connectivity index (χ2n) is 6.75. The van der Waals surface area contributed by atoms with E-state index in [4.69, 9.17) is 0 Å². The van der Waals surface area contributed by atoms with Crippen molar-refractivity contribution in [1.29, 1.82) is 0 Å². The third-order valence-electron chi connectivity index (χ3n) is 4.57. The van der Waals surface area contributed by atoms with Gasteiger partial charge in [-0.3, -0.25) is 9.58 Å². The normalized spacial score (nSPS) is 17.1. The van der Waals surface area contributed by atoms with Crippen molar-refractivity contribution in [2.75, 3.05) is 26.2 Å². The van der Waals surface area contributed by atoms with Crippen LogP contribution in [0.15, 0.2) is 35.5 Å². The summed E-state index contributed by atoms with van der Waals surface area (Å²) in [6.07, 6.45) is 5.52. The molecule has 1 aromatic heterocycles. The number of aryl methyl sites for hydroxylation is 1. The van der Waals surface area contributed by atoms with E-state index in [1.165, 1.54) is 4.31 Å². The van der Waals surface area contributed by atoms with Gasteiger partial charge < -0.3 is 0 Å². The number of nitrogens with zero attached hydrogens (tertiary/aromatic N) is 4. The van der Waals surface area contributed by atoms with E-state index in [1.54, 1.807) is 0 Å². The molecule has 0 bridgehead atoms. The van der Waals surface area contributed by atoms with Gasteiger partial charge in [-0.15, -0.1) is 0 Å². The number of hydrogen-bond donors (Lipinski definition) is 0. The van der Waals surface area contributed by atoms with Gasteiger partial charge in [-0.25, -0.2) is 17.2 Å². The fourth-order valence-electron chi connectivity index (χ4n) is 3.27. The van der Waals surface area contributed by atoms with Crippen LogP contribution in [-0.4, -0.2) is 53.6 Å². The number of halogens is 2. The molecule has 1 aliphatic heterocycles. The van der Waals surface area contributed by atoms with Crippen molar-refractivity contribution in [1.82, 2.24) is 19.0 Å². The van der Waals surface area contributed by atoms with Crippen molar-refractivity contribution >= 4 is 10.0 Å². The van der Waals surface area contributed by atoms with E-state index in [-0.39, 0.29) is 11.4 Å². The van der Waals surface area contributed by atoms with E-state index in [0.29, 0.717) is 32.1 Å². The standard InChI is InChI=1S/C18H24F2N4O2S/c1-2-4-23-14-15(12-21-23)13-22-5-3-6-24(8-7-22)27(25,26)18-10-16(19)9-17(20)11-18/h9-12,14H,2-8,13H2,1H3. The molecule has 2 heterocycles. The van der Waals surface area contributed by atoms with Gasteiger partial charge in [0.25, 0.3) is 0 Å². The topological polar surface area (TPSA) is 58.4 Å². The van der Waals surface area contributed by atoms with Gasteiger partial charge in [-0.1, -0.05) is 6.92 Å². The fraction of sp³-hybridized carbons (Fsp3) is 0.500. The average molecular weight is 398 g/mol. The summed E-state index contributed by atoms with van der Waals surface area (Å²) in [6, 6.07) is 2.40. The summed E-state index contributed by atoms with van der Waals surface area (Å²) in [7, 11) is -3.92. The molecule has 0 unspecified atom stereocenters. The molecule has 0 radical (unpaired) electrons. The Morgan fingerprint density at radius 3 is 2.52 bits per heavy atom. The molecule has 0 saturated carbocycles. The predicted octanol–water partition coefficient (Wildman–Crippen LogP) is 2.47. The highest BCUT2D eigenvalue weighted by atomic mass is 32.2. The number of benzene rings is 1. The van der Waals surface area contributed by atoms with Gasteiger partial charge in [-0.05, 0) is 31.5 Å². The van der Waals surface area contributed by atoms with Crippen molar-refractivity contribution in [3.8, 4) is 0 Å². The molecule has 1 aliphatic rings. The lowest BCUT2D eigenvalue weighted by molar-refractivity contribution is 0.278. The Bertz CT molecular complexity index is 865. The van der Waals surface area contributed by atoms with Crippen LogP contribution in [0, 0.1) is 11.6 Å². The van der Waals surface area contributed by atoms with Crippen LogP contribution >= 0.6 is 0 Å². The maximum Gasteiger partial charge on any atom is 0.243 e. The zero-order chi connectivity index (χ0) is 19.4. The molecule has 6 nitrogen and oxygen atoms in total. The second kappa shape index (κ2) is 8.45.